The molecule has 0 fully saturated rings. The minimum absolute atomic E-state index is 0.448. The van der Waals surface area contributed by atoms with E-state index in [1.165, 1.54) is 4.90 Å². The summed E-state index contributed by atoms with van der Waals surface area (Å²) in [5, 5.41) is 0. The molecule has 84 valence electrons. The number of rotatable bonds is 2. The summed E-state index contributed by atoms with van der Waals surface area (Å²) in [6.07, 6.45) is 0. The molecule has 2 amide bonds. The number of aromatic nitrogens is 1. The third-order valence-electron chi connectivity index (χ3n) is 2.35. The van der Waals surface area contributed by atoms with Gasteiger partial charge in [-0.2, -0.15) is 0 Å². The molecule has 0 saturated heterocycles. The molecular weight excluding hydrogens is 206 g/mol. The van der Waals surface area contributed by atoms with Gasteiger partial charge in [-0.25, -0.2) is 9.78 Å². The quantitative estimate of drug-likeness (QED) is 0.834. The number of amides is 2. The number of carbonyl (C=O) groups excluding carboxylic acids is 1. The maximum Gasteiger partial charge on any atom is 0.314 e. The van der Waals surface area contributed by atoms with E-state index in [4.69, 9.17) is 10.2 Å². The number of fused-ring (bicyclic) bond motifs is 1. The summed E-state index contributed by atoms with van der Waals surface area (Å²) in [6, 6.07) is 5.19. The fraction of sp³-hybridized carbons (Fsp3) is 0.273. The first-order valence-corrected chi connectivity index (χ1v) is 4.93. The first kappa shape index (κ1) is 10.5. The SMILES string of the molecule is Cc1nc2cc(CN(C)C(N)=O)ccc2o1. The summed E-state index contributed by atoms with van der Waals surface area (Å²) >= 11 is 0. The van der Waals surface area contributed by atoms with Crippen LogP contribution in [0, 0.1) is 6.92 Å². The van der Waals surface area contributed by atoms with E-state index in [-0.39, 0.29) is 0 Å². The lowest BCUT2D eigenvalue weighted by Gasteiger charge is -2.13. The van der Waals surface area contributed by atoms with Crippen LogP contribution in [-0.4, -0.2) is 23.0 Å². The molecule has 0 radical (unpaired) electrons. The number of urea groups is 1. The molecule has 1 aromatic heterocycles. The number of benzene rings is 1. The Bertz CT molecular complexity index is 533. The van der Waals surface area contributed by atoms with Crippen LogP contribution in [0.4, 0.5) is 4.79 Å². The van der Waals surface area contributed by atoms with E-state index in [1.807, 2.05) is 18.2 Å². The van der Waals surface area contributed by atoms with Crippen molar-refractivity contribution in [3.63, 3.8) is 0 Å². The zero-order valence-electron chi connectivity index (χ0n) is 9.23. The lowest BCUT2D eigenvalue weighted by atomic mass is 10.2. The van der Waals surface area contributed by atoms with Gasteiger partial charge in [0.05, 0.1) is 0 Å². The van der Waals surface area contributed by atoms with Crippen molar-refractivity contribution in [2.45, 2.75) is 13.5 Å². The van der Waals surface area contributed by atoms with Crippen LogP contribution in [0.25, 0.3) is 11.1 Å². The first-order chi connectivity index (χ1) is 7.56. The third kappa shape index (κ3) is 1.98. The summed E-state index contributed by atoms with van der Waals surface area (Å²) < 4.78 is 5.36. The predicted octanol–water partition coefficient (Wildman–Crippen LogP) is 1.65. The smallest absolute Gasteiger partial charge is 0.314 e. The standard InChI is InChI=1S/C11H13N3O2/c1-7-13-9-5-8(3-4-10(9)16-7)6-14(2)11(12)15/h3-5H,6H2,1-2H3,(H2,12,15). The van der Waals surface area contributed by atoms with E-state index in [0.717, 1.165) is 16.7 Å². The molecule has 0 unspecified atom stereocenters. The predicted molar refractivity (Wildman–Crippen MR) is 59.8 cm³/mol. The van der Waals surface area contributed by atoms with Crippen LogP contribution >= 0.6 is 0 Å². The Morgan fingerprint density at radius 1 is 1.56 bits per heavy atom. The van der Waals surface area contributed by atoms with Crippen LogP contribution in [0.5, 0.6) is 0 Å². The number of hydrogen-bond donors (Lipinski definition) is 1. The second-order valence-corrected chi connectivity index (χ2v) is 3.73. The number of nitrogens with zero attached hydrogens (tertiary/aromatic N) is 2. The lowest BCUT2D eigenvalue weighted by Crippen LogP contribution is -2.31. The second-order valence-electron chi connectivity index (χ2n) is 3.73. The van der Waals surface area contributed by atoms with Gasteiger partial charge in [-0.15, -0.1) is 0 Å². The largest absolute Gasteiger partial charge is 0.441 e. The molecule has 0 bridgehead atoms. The van der Waals surface area contributed by atoms with Crippen molar-refractivity contribution in [1.29, 1.82) is 0 Å². The molecule has 16 heavy (non-hydrogen) atoms. The molecule has 5 heteroatoms. The second kappa shape index (κ2) is 3.84. The van der Waals surface area contributed by atoms with Gasteiger partial charge < -0.3 is 15.1 Å². The van der Waals surface area contributed by atoms with Gasteiger partial charge in [0, 0.05) is 20.5 Å². The molecule has 2 N–H and O–H groups in total. The maximum absolute atomic E-state index is 10.9. The van der Waals surface area contributed by atoms with Crippen LogP contribution in [0.1, 0.15) is 11.5 Å². The highest BCUT2D eigenvalue weighted by atomic mass is 16.3. The number of aryl methyl sites for hydroxylation is 1. The Labute approximate surface area is 92.8 Å². The molecule has 0 atom stereocenters. The van der Waals surface area contributed by atoms with E-state index in [2.05, 4.69) is 4.98 Å². The van der Waals surface area contributed by atoms with Gasteiger partial charge in [-0.3, -0.25) is 0 Å². The Morgan fingerprint density at radius 2 is 2.31 bits per heavy atom. The van der Waals surface area contributed by atoms with E-state index in [0.29, 0.717) is 12.4 Å². The summed E-state index contributed by atoms with van der Waals surface area (Å²) in [5.74, 6) is 0.635. The topological polar surface area (TPSA) is 72.4 Å². The van der Waals surface area contributed by atoms with Crippen LogP contribution in [0.3, 0.4) is 0 Å². The molecule has 1 aromatic carbocycles. The summed E-state index contributed by atoms with van der Waals surface area (Å²) in [4.78, 5) is 16.5. The van der Waals surface area contributed by atoms with Crippen LogP contribution in [0.15, 0.2) is 22.6 Å². The van der Waals surface area contributed by atoms with E-state index < -0.39 is 6.03 Å². The molecule has 0 aliphatic carbocycles. The monoisotopic (exact) mass is 219 g/mol. The summed E-state index contributed by atoms with van der Waals surface area (Å²) in [5.41, 5.74) is 7.68. The minimum Gasteiger partial charge on any atom is -0.441 e. The van der Waals surface area contributed by atoms with Crippen LogP contribution in [0.2, 0.25) is 0 Å². The lowest BCUT2D eigenvalue weighted by molar-refractivity contribution is 0.216. The summed E-state index contributed by atoms with van der Waals surface area (Å²) in [7, 11) is 1.65. The Morgan fingerprint density at radius 3 is 3.00 bits per heavy atom. The van der Waals surface area contributed by atoms with Gasteiger partial charge in [-0.05, 0) is 17.7 Å². The molecule has 5 nitrogen and oxygen atoms in total. The molecule has 2 aromatic rings. The van der Waals surface area contributed by atoms with Crippen molar-refractivity contribution in [1.82, 2.24) is 9.88 Å². The molecule has 0 saturated carbocycles. The highest BCUT2D eigenvalue weighted by Crippen LogP contribution is 2.17. The van der Waals surface area contributed by atoms with Gasteiger partial charge >= 0.3 is 6.03 Å². The fourth-order valence-corrected chi connectivity index (χ4v) is 1.54. The number of nitrogens with two attached hydrogens (primary N) is 1. The number of hydrogen-bond acceptors (Lipinski definition) is 3. The average Bonchev–Trinajstić information content (AvgIpc) is 2.57. The van der Waals surface area contributed by atoms with Crippen molar-refractivity contribution in [3.05, 3.63) is 29.7 Å². The van der Waals surface area contributed by atoms with E-state index in [1.54, 1.807) is 14.0 Å². The minimum atomic E-state index is -0.448. The maximum atomic E-state index is 10.9. The van der Waals surface area contributed by atoms with Crippen molar-refractivity contribution in [3.8, 4) is 0 Å². The zero-order chi connectivity index (χ0) is 11.7. The van der Waals surface area contributed by atoms with Crippen molar-refractivity contribution < 1.29 is 9.21 Å². The van der Waals surface area contributed by atoms with Crippen molar-refractivity contribution in [2.75, 3.05) is 7.05 Å². The van der Waals surface area contributed by atoms with Gasteiger partial charge in [0.2, 0.25) is 0 Å². The number of oxazole rings is 1. The summed E-state index contributed by atoms with van der Waals surface area (Å²) in [6.45, 7) is 2.27. The highest BCUT2D eigenvalue weighted by Gasteiger charge is 2.07. The molecule has 0 aliphatic rings. The fourth-order valence-electron chi connectivity index (χ4n) is 1.54. The van der Waals surface area contributed by atoms with Crippen LogP contribution in [-0.2, 0) is 6.54 Å². The van der Waals surface area contributed by atoms with E-state index >= 15 is 0 Å². The van der Waals surface area contributed by atoms with Crippen LogP contribution < -0.4 is 5.73 Å². The van der Waals surface area contributed by atoms with Gasteiger partial charge in [-0.1, -0.05) is 6.07 Å². The van der Waals surface area contributed by atoms with Gasteiger partial charge in [0.25, 0.3) is 0 Å². The Balaban J connectivity index is 2.28. The van der Waals surface area contributed by atoms with Crippen molar-refractivity contribution in [2.24, 2.45) is 5.73 Å². The Kier molecular flexibility index (Phi) is 2.52. The highest BCUT2D eigenvalue weighted by molar-refractivity contribution is 5.74. The van der Waals surface area contributed by atoms with Gasteiger partial charge in [0.1, 0.15) is 5.52 Å². The molecule has 0 spiro atoms. The molecular formula is C11H13N3O2. The first-order valence-electron chi connectivity index (χ1n) is 4.93. The van der Waals surface area contributed by atoms with Crippen molar-refractivity contribution >= 4 is 17.1 Å². The zero-order valence-corrected chi connectivity index (χ0v) is 9.23. The normalized spacial score (nSPS) is 10.6. The third-order valence-corrected chi connectivity index (χ3v) is 2.35. The number of carbonyl (C=O) groups is 1. The van der Waals surface area contributed by atoms with E-state index in [9.17, 15) is 4.79 Å². The average molecular weight is 219 g/mol. The van der Waals surface area contributed by atoms with Gasteiger partial charge in [0.15, 0.2) is 11.5 Å². The molecule has 2 rings (SSSR count). The molecule has 1 heterocycles. The number of primary amides is 1. The molecule has 0 aliphatic heterocycles. The Hall–Kier alpha value is -2.04.